The molecule has 0 bridgehead atoms. The van der Waals surface area contributed by atoms with E-state index in [1.165, 1.54) is 0 Å². The van der Waals surface area contributed by atoms with E-state index in [1.807, 2.05) is 26.8 Å². The van der Waals surface area contributed by atoms with Crippen molar-refractivity contribution >= 4 is 44.9 Å². The van der Waals surface area contributed by atoms with Crippen LogP contribution in [0.3, 0.4) is 0 Å². The Kier molecular flexibility index (Phi) is 5.06. The van der Waals surface area contributed by atoms with Crippen LogP contribution in [0.2, 0.25) is 10.0 Å². The van der Waals surface area contributed by atoms with Crippen molar-refractivity contribution in [3.05, 3.63) is 33.8 Å². The highest BCUT2D eigenvalue weighted by Gasteiger charge is 2.27. The van der Waals surface area contributed by atoms with Gasteiger partial charge in [0, 0.05) is 5.41 Å². The average Bonchev–Trinajstić information content (AvgIpc) is 2.21. The van der Waals surface area contributed by atoms with E-state index in [-0.39, 0.29) is 16.0 Å². The SMILES string of the molecule is CC(C)(C)C(=O)C(Br)Cc1ccc(Cl)c(Cl)c1. The van der Waals surface area contributed by atoms with Gasteiger partial charge in [-0.05, 0) is 24.1 Å². The van der Waals surface area contributed by atoms with Gasteiger partial charge in [-0.3, -0.25) is 4.79 Å². The smallest absolute Gasteiger partial charge is 0.152 e. The van der Waals surface area contributed by atoms with Crippen LogP contribution in [-0.2, 0) is 11.2 Å². The molecule has 1 unspecified atom stereocenters. The Bertz CT molecular complexity index is 424. The number of rotatable bonds is 3. The molecule has 4 heteroatoms. The van der Waals surface area contributed by atoms with Gasteiger partial charge in [-0.2, -0.15) is 0 Å². The van der Waals surface area contributed by atoms with E-state index >= 15 is 0 Å². The van der Waals surface area contributed by atoms with Gasteiger partial charge in [0.15, 0.2) is 5.78 Å². The average molecular weight is 338 g/mol. The minimum atomic E-state index is -0.343. The topological polar surface area (TPSA) is 17.1 Å². The molecule has 0 spiro atoms. The molecule has 1 nitrogen and oxygen atoms in total. The molecule has 0 fully saturated rings. The van der Waals surface area contributed by atoms with Gasteiger partial charge in [0.25, 0.3) is 0 Å². The van der Waals surface area contributed by atoms with Crippen LogP contribution in [0.5, 0.6) is 0 Å². The molecule has 0 aliphatic heterocycles. The van der Waals surface area contributed by atoms with Crippen molar-refractivity contribution in [1.82, 2.24) is 0 Å². The van der Waals surface area contributed by atoms with E-state index in [9.17, 15) is 4.79 Å². The summed E-state index contributed by atoms with van der Waals surface area (Å²) in [6, 6.07) is 5.44. The number of hydrogen-bond donors (Lipinski definition) is 0. The molecular formula is C13H15BrCl2O. The molecule has 0 amide bonds. The third-order valence-electron chi connectivity index (χ3n) is 2.42. The molecule has 0 radical (unpaired) electrons. The molecule has 0 saturated heterocycles. The predicted octanol–water partition coefficient (Wildman–Crippen LogP) is 4.91. The zero-order valence-corrected chi connectivity index (χ0v) is 13.2. The van der Waals surface area contributed by atoms with E-state index in [4.69, 9.17) is 23.2 Å². The first kappa shape index (κ1) is 15.0. The maximum atomic E-state index is 12.0. The van der Waals surface area contributed by atoms with E-state index in [0.717, 1.165) is 5.56 Å². The van der Waals surface area contributed by atoms with Gasteiger partial charge in [0.1, 0.15) is 0 Å². The zero-order chi connectivity index (χ0) is 13.2. The van der Waals surface area contributed by atoms with Gasteiger partial charge < -0.3 is 0 Å². The Morgan fingerprint density at radius 3 is 2.35 bits per heavy atom. The lowest BCUT2D eigenvalue weighted by Crippen LogP contribution is -2.29. The molecule has 1 atom stereocenters. The van der Waals surface area contributed by atoms with Crippen molar-refractivity contribution < 1.29 is 4.79 Å². The summed E-state index contributed by atoms with van der Waals surface area (Å²) in [5, 5.41) is 1.05. The number of carbonyl (C=O) groups is 1. The highest BCUT2D eigenvalue weighted by molar-refractivity contribution is 9.10. The largest absolute Gasteiger partial charge is 0.298 e. The lowest BCUT2D eigenvalue weighted by Gasteiger charge is -2.20. The molecule has 0 heterocycles. The fourth-order valence-corrected chi connectivity index (χ4v) is 2.82. The Hall–Kier alpha value is -0.0500. The van der Waals surface area contributed by atoms with Crippen LogP contribution in [0.25, 0.3) is 0 Å². The Balaban J connectivity index is 2.78. The molecule has 94 valence electrons. The number of hydrogen-bond acceptors (Lipinski definition) is 1. The number of alkyl halides is 1. The summed E-state index contributed by atoms with van der Waals surface area (Å²) in [6.07, 6.45) is 0.618. The van der Waals surface area contributed by atoms with Crippen molar-refractivity contribution in [2.75, 3.05) is 0 Å². The second-order valence-corrected chi connectivity index (χ2v) is 6.95. The summed E-state index contributed by atoms with van der Waals surface area (Å²) in [7, 11) is 0. The molecule has 1 rings (SSSR count). The van der Waals surface area contributed by atoms with Gasteiger partial charge in [-0.1, -0.05) is 66.0 Å². The number of halogens is 3. The van der Waals surface area contributed by atoms with Crippen LogP contribution in [0.1, 0.15) is 26.3 Å². The Morgan fingerprint density at radius 1 is 1.29 bits per heavy atom. The standard InChI is InChI=1S/C13H15BrCl2O/c1-13(2,3)12(17)9(14)6-8-4-5-10(15)11(16)7-8/h4-5,7,9H,6H2,1-3H3. The lowest BCUT2D eigenvalue weighted by atomic mass is 9.87. The number of benzene rings is 1. The lowest BCUT2D eigenvalue weighted by molar-refractivity contribution is -0.125. The molecule has 0 aromatic heterocycles. The van der Waals surface area contributed by atoms with Crippen LogP contribution >= 0.6 is 39.1 Å². The summed E-state index contributed by atoms with van der Waals surface area (Å²) in [5.74, 6) is 0.184. The van der Waals surface area contributed by atoms with Gasteiger partial charge in [-0.25, -0.2) is 0 Å². The van der Waals surface area contributed by atoms with Crippen LogP contribution < -0.4 is 0 Å². The molecular weight excluding hydrogens is 323 g/mol. The number of carbonyl (C=O) groups excluding carboxylic acids is 1. The predicted molar refractivity (Wildman–Crippen MR) is 77.3 cm³/mol. The van der Waals surface area contributed by atoms with Gasteiger partial charge in [0.05, 0.1) is 14.9 Å². The van der Waals surface area contributed by atoms with Gasteiger partial charge in [-0.15, -0.1) is 0 Å². The molecule has 1 aromatic carbocycles. The van der Waals surface area contributed by atoms with Crippen LogP contribution in [-0.4, -0.2) is 10.6 Å². The molecule has 1 aromatic rings. The fraction of sp³-hybridized carbons (Fsp3) is 0.462. The summed E-state index contributed by atoms with van der Waals surface area (Å²) < 4.78 is 0. The minimum absolute atomic E-state index is 0.184. The minimum Gasteiger partial charge on any atom is -0.298 e. The van der Waals surface area contributed by atoms with Crippen molar-refractivity contribution in [3.63, 3.8) is 0 Å². The summed E-state index contributed by atoms with van der Waals surface area (Å²) in [5.41, 5.74) is 0.656. The monoisotopic (exact) mass is 336 g/mol. The quantitative estimate of drug-likeness (QED) is 0.716. The van der Waals surface area contributed by atoms with Crippen LogP contribution in [0, 0.1) is 5.41 Å². The van der Waals surface area contributed by atoms with Gasteiger partial charge >= 0.3 is 0 Å². The highest BCUT2D eigenvalue weighted by Crippen LogP contribution is 2.26. The molecule has 17 heavy (non-hydrogen) atoms. The summed E-state index contributed by atoms with van der Waals surface area (Å²) in [4.78, 5) is 11.8. The first-order valence-corrected chi connectivity index (χ1v) is 7.01. The number of ketones is 1. The first-order chi connectivity index (χ1) is 7.71. The fourth-order valence-electron chi connectivity index (χ4n) is 1.44. The second-order valence-electron chi connectivity index (χ2n) is 5.03. The maximum absolute atomic E-state index is 12.0. The highest BCUT2D eigenvalue weighted by atomic mass is 79.9. The molecule has 0 aliphatic carbocycles. The van der Waals surface area contributed by atoms with E-state index < -0.39 is 0 Å². The molecule has 0 aliphatic rings. The van der Waals surface area contributed by atoms with E-state index in [0.29, 0.717) is 16.5 Å². The molecule has 0 N–H and O–H groups in total. The normalized spacial score (nSPS) is 13.5. The Labute approximate surface area is 121 Å². The molecule has 0 saturated carbocycles. The van der Waals surface area contributed by atoms with E-state index in [2.05, 4.69) is 15.9 Å². The van der Waals surface area contributed by atoms with Crippen molar-refractivity contribution in [2.45, 2.75) is 32.0 Å². The maximum Gasteiger partial charge on any atom is 0.152 e. The third-order valence-corrected chi connectivity index (χ3v) is 3.90. The van der Waals surface area contributed by atoms with Crippen LogP contribution in [0.4, 0.5) is 0 Å². The Morgan fingerprint density at radius 2 is 1.88 bits per heavy atom. The van der Waals surface area contributed by atoms with Crippen molar-refractivity contribution in [2.24, 2.45) is 5.41 Å². The third kappa shape index (κ3) is 4.27. The van der Waals surface area contributed by atoms with E-state index in [1.54, 1.807) is 12.1 Å². The van der Waals surface area contributed by atoms with Crippen molar-refractivity contribution in [1.29, 1.82) is 0 Å². The van der Waals surface area contributed by atoms with Gasteiger partial charge in [0.2, 0.25) is 0 Å². The number of Topliss-reactive ketones (excluding diaryl/α,β-unsaturated/α-hetero) is 1. The first-order valence-electron chi connectivity index (χ1n) is 5.34. The summed E-state index contributed by atoms with van der Waals surface area (Å²) in [6.45, 7) is 5.75. The summed E-state index contributed by atoms with van der Waals surface area (Å²) >= 11 is 15.2. The zero-order valence-electron chi connectivity index (χ0n) is 10.1. The second kappa shape index (κ2) is 5.73. The van der Waals surface area contributed by atoms with Crippen molar-refractivity contribution in [3.8, 4) is 0 Å². The van der Waals surface area contributed by atoms with Crippen LogP contribution in [0.15, 0.2) is 18.2 Å².